The molecule has 0 rings (SSSR count). The van der Waals surface area contributed by atoms with Gasteiger partial charge in [-0.2, -0.15) is 0 Å². The molecule has 0 amide bonds. The van der Waals surface area contributed by atoms with Crippen molar-refractivity contribution < 1.29 is 14.3 Å². The highest BCUT2D eigenvalue weighted by Gasteiger charge is 2.41. The molecule has 3 atom stereocenters. The van der Waals surface area contributed by atoms with E-state index in [1.807, 2.05) is 6.92 Å². The third kappa shape index (κ3) is 5.66. The maximum absolute atomic E-state index is 11.2. The first-order valence-corrected chi connectivity index (χ1v) is 10.6. The van der Waals surface area contributed by atoms with Crippen molar-refractivity contribution in [1.82, 2.24) is 0 Å². The Morgan fingerprint density at radius 1 is 1.20 bits per heavy atom. The van der Waals surface area contributed by atoms with Crippen LogP contribution in [0, 0.1) is 11.8 Å². The molecule has 0 radical (unpaired) electrons. The average molecular weight is 303 g/mol. The fourth-order valence-electron chi connectivity index (χ4n) is 2.07. The number of carbonyl (C=O) groups excluding carboxylic acids is 1. The van der Waals surface area contributed by atoms with Crippen molar-refractivity contribution in [3.05, 3.63) is 0 Å². The van der Waals surface area contributed by atoms with Gasteiger partial charge in [-0.25, -0.2) is 0 Å². The minimum Gasteiger partial charge on any atom is -0.413 e. The second kappa shape index (κ2) is 7.19. The number of ketones is 1. The van der Waals surface area contributed by atoms with Gasteiger partial charge in [-0.05, 0) is 31.0 Å². The third-order valence-corrected chi connectivity index (χ3v) is 8.99. The lowest BCUT2D eigenvalue weighted by atomic mass is 9.88. The Bertz CT molecular complexity index is 318. The summed E-state index contributed by atoms with van der Waals surface area (Å²) in [5, 5.41) is 10.4. The van der Waals surface area contributed by atoms with E-state index in [4.69, 9.17) is 4.43 Å². The molecule has 0 bridgehead atoms. The molecular weight excluding hydrogens is 268 g/mol. The van der Waals surface area contributed by atoms with Gasteiger partial charge in [0.15, 0.2) is 8.32 Å². The monoisotopic (exact) mass is 302 g/mol. The molecule has 20 heavy (non-hydrogen) atoms. The van der Waals surface area contributed by atoms with Crippen LogP contribution in [0.15, 0.2) is 0 Å². The van der Waals surface area contributed by atoms with Crippen molar-refractivity contribution in [2.45, 2.75) is 85.2 Å². The Balaban J connectivity index is 5.03. The quantitative estimate of drug-likeness (QED) is 0.723. The number of hydrogen-bond acceptors (Lipinski definition) is 3. The van der Waals surface area contributed by atoms with Crippen LogP contribution >= 0.6 is 0 Å². The van der Waals surface area contributed by atoms with Crippen molar-refractivity contribution in [3.63, 3.8) is 0 Å². The molecule has 0 saturated carbocycles. The Labute approximate surface area is 126 Å². The summed E-state index contributed by atoms with van der Waals surface area (Å²) >= 11 is 0. The summed E-state index contributed by atoms with van der Waals surface area (Å²) in [4.78, 5) is 11.2. The van der Waals surface area contributed by atoms with Crippen LogP contribution in [0.3, 0.4) is 0 Å². The number of Topliss-reactive ketones (excluding diaryl/α,β-unsaturated/α-hetero) is 1. The number of carbonyl (C=O) groups is 1. The summed E-state index contributed by atoms with van der Waals surface area (Å²) < 4.78 is 6.50. The number of hydrogen-bond donors (Lipinski definition) is 1. The lowest BCUT2D eigenvalue weighted by Gasteiger charge is -2.43. The van der Waals surface area contributed by atoms with Crippen LogP contribution in [0.2, 0.25) is 18.1 Å². The summed E-state index contributed by atoms with van der Waals surface area (Å²) in [7, 11) is -1.88. The predicted molar refractivity (Wildman–Crippen MR) is 87.4 cm³/mol. The lowest BCUT2D eigenvalue weighted by Crippen LogP contribution is -2.49. The van der Waals surface area contributed by atoms with E-state index in [1.54, 1.807) is 0 Å². The molecule has 0 heterocycles. The highest BCUT2D eigenvalue weighted by molar-refractivity contribution is 6.74. The van der Waals surface area contributed by atoms with E-state index in [2.05, 4.69) is 47.7 Å². The molecule has 1 N–H and O–H groups in total. The van der Waals surface area contributed by atoms with Crippen molar-refractivity contribution in [2.24, 2.45) is 11.8 Å². The number of aliphatic hydroxyl groups is 1. The SMILES string of the molecule is CC(=O)C[C@@H](O)[C@H](C)[C@H](O[Si](C)(C)C(C)(C)C)C(C)C. The Kier molecular flexibility index (Phi) is 7.12. The van der Waals surface area contributed by atoms with Gasteiger partial charge >= 0.3 is 0 Å². The van der Waals surface area contributed by atoms with Crippen molar-refractivity contribution >= 4 is 14.1 Å². The minimum atomic E-state index is -1.88. The molecule has 0 aliphatic heterocycles. The molecule has 4 heteroatoms. The zero-order valence-corrected chi connectivity index (χ0v) is 15.8. The first-order valence-electron chi connectivity index (χ1n) is 7.65. The zero-order valence-electron chi connectivity index (χ0n) is 14.8. The molecule has 0 fully saturated rings. The molecule has 0 aliphatic carbocycles. The molecule has 0 spiro atoms. The molecule has 0 aliphatic rings. The topological polar surface area (TPSA) is 46.5 Å². The van der Waals surface area contributed by atoms with Gasteiger partial charge in [-0.15, -0.1) is 0 Å². The van der Waals surface area contributed by atoms with E-state index >= 15 is 0 Å². The Morgan fingerprint density at radius 2 is 1.65 bits per heavy atom. The first-order chi connectivity index (χ1) is 8.79. The largest absolute Gasteiger partial charge is 0.413 e. The van der Waals surface area contributed by atoms with E-state index in [0.29, 0.717) is 5.92 Å². The Morgan fingerprint density at radius 3 is 1.95 bits per heavy atom. The molecule has 0 aromatic rings. The zero-order chi connectivity index (χ0) is 16.3. The van der Waals surface area contributed by atoms with Crippen LogP contribution in [-0.2, 0) is 9.22 Å². The molecule has 0 aromatic heterocycles. The van der Waals surface area contributed by atoms with Gasteiger partial charge in [0, 0.05) is 12.3 Å². The van der Waals surface area contributed by atoms with E-state index in [-0.39, 0.29) is 29.3 Å². The summed E-state index contributed by atoms with van der Waals surface area (Å²) in [5.41, 5.74) is 0. The number of rotatable bonds is 7. The smallest absolute Gasteiger partial charge is 0.192 e. The molecule has 0 saturated heterocycles. The van der Waals surface area contributed by atoms with Crippen LogP contribution < -0.4 is 0 Å². The molecule has 0 aromatic carbocycles. The van der Waals surface area contributed by atoms with Crippen molar-refractivity contribution in [2.75, 3.05) is 0 Å². The van der Waals surface area contributed by atoms with Gasteiger partial charge in [0.1, 0.15) is 5.78 Å². The maximum Gasteiger partial charge on any atom is 0.192 e. The molecule has 0 unspecified atom stereocenters. The van der Waals surface area contributed by atoms with E-state index < -0.39 is 14.4 Å². The summed E-state index contributed by atoms with van der Waals surface area (Å²) in [6.07, 6.45) is -0.416. The van der Waals surface area contributed by atoms with Gasteiger partial charge in [0.2, 0.25) is 0 Å². The van der Waals surface area contributed by atoms with Gasteiger partial charge in [-0.1, -0.05) is 41.5 Å². The average Bonchev–Trinajstić information content (AvgIpc) is 2.21. The third-order valence-electron chi connectivity index (χ3n) is 4.52. The fourth-order valence-corrected chi connectivity index (χ4v) is 3.59. The summed E-state index contributed by atoms with van der Waals surface area (Å²) in [6.45, 7) is 18.9. The second-order valence-corrected chi connectivity index (χ2v) is 12.7. The van der Waals surface area contributed by atoms with Crippen LogP contribution in [0.5, 0.6) is 0 Å². The van der Waals surface area contributed by atoms with Gasteiger partial charge in [-0.3, -0.25) is 4.79 Å². The summed E-state index contributed by atoms with van der Waals surface area (Å²) in [5.74, 6) is 0.313. The van der Waals surface area contributed by atoms with Gasteiger partial charge < -0.3 is 9.53 Å². The first kappa shape index (κ1) is 19.8. The van der Waals surface area contributed by atoms with E-state index in [0.717, 1.165) is 0 Å². The van der Waals surface area contributed by atoms with Crippen LogP contribution in [0.25, 0.3) is 0 Å². The van der Waals surface area contributed by atoms with Crippen molar-refractivity contribution in [3.8, 4) is 0 Å². The summed E-state index contributed by atoms with van der Waals surface area (Å²) in [6, 6.07) is 0. The fraction of sp³-hybridized carbons (Fsp3) is 0.938. The van der Waals surface area contributed by atoms with Crippen LogP contribution in [0.1, 0.15) is 54.9 Å². The van der Waals surface area contributed by atoms with Gasteiger partial charge in [0.05, 0.1) is 12.2 Å². The highest BCUT2D eigenvalue weighted by atomic mass is 28.4. The highest BCUT2D eigenvalue weighted by Crippen LogP contribution is 2.39. The van der Waals surface area contributed by atoms with Gasteiger partial charge in [0.25, 0.3) is 0 Å². The maximum atomic E-state index is 11.2. The van der Waals surface area contributed by atoms with Crippen LogP contribution in [-0.4, -0.2) is 31.4 Å². The Hall–Kier alpha value is -0.193. The van der Waals surface area contributed by atoms with Crippen molar-refractivity contribution in [1.29, 1.82) is 0 Å². The number of aliphatic hydroxyl groups excluding tert-OH is 1. The molecule has 3 nitrogen and oxygen atoms in total. The van der Waals surface area contributed by atoms with Crippen LogP contribution in [0.4, 0.5) is 0 Å². The second-order valence-electron chi connectivity index (χ2n) is 7.92. The lowest BCUT2D eigenvalue weighted by molar-refractivity contribution is -0.120. The van der Waals surface area contributed by atoms with E-state index in [9.17, 15) is 9.90 Å². The molecule has 120 valence electrons. The minimum absolute atomic E-state index is 0.00904. The normalized spacial score (nSPS) is 17.9. The predicted octanol–water partition coefficient (Wildman–Crippen LogP) is 4.01. The molecular formula is C16H34O3Si. The van der Waals surface area contributed by atoms with E-state index in [1.165, 1.54) is 6.92 Å². The standard InChI is InChI=1S/C16H34O3Si/c1-11(2)15(13(4)14(18)10-12(3)17)19-20(8,9)16(5,6)7/h11,13-15,18H,10H2,1-9H3/t13-,14+,15+/m0/s1.